The van der Waals surface area contributed by atoms with Crippen molar-refractivity contribution in [1.29, 1.82) is 0 Å². The third kappa shape index (κ3) is 3.87. The van der Waals surface area contributed by atoms with Crippen LogP contribution >= 0.6 is 0 Å². The summed E-state index contributed by atoms with van der Waals surface area (Å²) in [6.07, 6.45) is 0. The molecule has 0 aliphatic rings. The van der Waals surface area contributed by atoms with E-state index in [1.807, 2.05) is 24.3 Å². The molecule has 0 atom stereocenters. The predicted octanol–water partition coefficient (Wildman–Crippen LogP) is 13.2. The summed E-state index contributed by atoms with van der Waals surface area (Å²) in [6, 6.07) is 60.2. The van der Waals surface area contributed by atoms with E-state index in [0.29, 0.717) is 0 Å². The molecule has 3 aromatic heterocycles. The van der Waals surface area contributed by atoms with Crippen LogP contribution in [0.25, 0.3) is 82.1 Å². The van der Waals surface area contributed by atoms with Crippen molar-refractivity contribution in [2.45, 2.75) is 0 Å². The van der Waals surface area contributed by atoms with E-state index in [1.165, 1.54) is 21.7 Å². The van der Waals surface area contributed by atoms with Crippen molar-refractivity contribution in [2.75, 3.05) is 4.90 Å². The van der Waals surface area contributed by atoms with Gasteiger partial charge in [-0.25, -0.2) is 0 Å². The second-order valence-corrected chi connectivity index (χ2v) is 12.9. The largest absolute Gasteiger partial charge is 0.456 e. The summed E-state index contributed by atoms with van der Waals surface area (Å²) in [5.41, 5.74) is 10.1. The van der Waals surface area contributed by atoms with Gasteiger partial charge in [0.1, 0.15) is 22.3 Å². The van der Waals surface area contributed by atoms with Crippen LogP contribution in [0.2, 0.25) is 0 Å². The number of para-hydroxylation sites is 4. The van der Waals surface area contributed by atoms with Gasteiger partial charge in [-0.15, -0.1) is 0 Å². The first-order valence-electron chi connectivity index (χ1n) is 16.9. The van der Waals surface area contributed by atoms with Crippen LogP contribution in [-0.4, -0.2) is 4.57 Å². The molecule has 0 fully saturated rings. The summed E-state index contributed by atoms with van der Waals surface area (Å²) in [5, 5.41) is 9.17. The Kier molecular flexibility index (Phi) is 5.63. The highest BCUT2D eigenvalue weighted by Crippen LogP contribution is 2.46. The zero-order chi connectivity index (χ0) is 32.8. The molecule has 11 rings (SSSR count). The Morgan fingerprint density at radius 2 is 1.02 bits per heavy atom. The molecule has 8 aromatic carbocycles. The number of benzene rings is 8. The predicted molar refractivity (Wildman–Crippen MR) is 208 cm³/mol. The molecule has 0 saturated heterocycles. The van der Waals surface area contributed by atoms with Gasteiger partial charge in [-0.2, -0.15) is 0 Å². The van der Waals surface area contributed by atoms with E-state index in [2.05, 4.69) is 155 Å². The van der Waals surface area contributed by atoms with E-state index in [9.17, 15) is 0 Å². The number of rotatable bonds is 4. The lowest BCUT2D eigenvalue weighted by Crippen LogP contribution is -2.10. The summed E-state index contributed by atoms with van der Waals surface area (Å²) < 4.78 is 15.2. The normalized spacial score (nSPS) is 12.0. The Morgan fingerprint density at radius 1 is 0.380 bits per heavy atom. The number of aromatic nitrogens is 1. The number of hydrogen-bond donors (Lipinski definition) is 0. The van der Waals surface area contributed by atoms with Crippen LogP contribution < -0.4 is 4.90 Å². The van der Waals surface area contributed by atoms with Gasteiger partial charge in [0.2, 0.25) is 0 Å². The van der Waals surface area contributed by atoms with E-state index in [0.717, 1.165) is 77.5 Å². The Morgan fingerprint density at radius 3 is 1.90 bits per heavy atom. The highest BCUT2D eigenvalue weighted by molar-refractivity contribution is 6.20. The molecule has 11 aromatic rings. The maximum absolute atomic E-state index is 6.46. The Labute approximate surface area is 286 Å². The number of anilines is 3. The maximum atomic E-state index is 6.46. The zero-order valence-corrected chi connectivity index (χ0v) is 26.9. The molecular weight excluding hydrogens is 613 g/mol. The Hall–Kier alpha value is -6.78. The molecule has 0 unspecified atom stereocenters. The van der Waals surface area contributed by atoms with E-state index in [1.54, 1.807) is 0 Å². The lowest BCUT2D eigenvalue weighted by Gasteiger charge is -2.27. The molecule has 0 aliphatic carbocycles. The fourth-order valence-electron chi connectivity index (χ4n) is 7.99. The lowest BCUT2D eigenvalue weighted by atomic mass is 10.0. The number of furan rings is 2. The van der Waals surface area contributed by atoms with Crippen LogP contribution in [0.4, 0.5) is 17.1 Å². The van der Waals surface area contributed by atoms with Gasteiger partial charge in [0, 0.05) is 55.4 Å². The Bertz CT molecular complexity index is 3110. The minimum absolute atomic E-state index is 0.858. The topological polar surface area (TPSA) is 34.5 Å². The molecule has 234 valence electrons. The van der Waals surface area contributed by atoms with Crippen LogP contribution in [0.15, 0.2) is 179 Å². The highest BCUT2D eigenvalue weighted by Gasteiger charge is 2.23. The van der Waals surface area contributed by atoms with E-state index in [-0.39, 0.29) is 0 Å². The van der Waals surface area contributed by atoms with Crippen LogP contribution in [0.1, 0.15) is 0 Å². The number of fused-ring (bicyclic) bond motifs is 11. The maximum Gasteiger partial charge on any atom is 0.137 e. The SMILES string of the molecule is c1ccc(-n2c3ccccc3c3c(N(c4ccc5c(c4)oc4ccccc45)c4ccc5ccc6oc7ccccc7c6c5c4)cccc32)cc1. The molecular formula is C46H28N2O2. The third-order valence-electron chi connectivity index (χ3n) is 10.2. The van der Waals surface area contributed by atoms with Gasteiger partial charge in [0.15, 0.2) is 0 Å². The second-order valence-electron chi connectivity index (χ2n) is 12.9. The van der Waals surface area contributed by atoms with Crippen molar-refractivity contribution < 1.29 is 8.83 Å². The molecule has 0 radical (unpaired) electrons. The fraction of sp³-hybridized carbons (Fsp3) is 0. The molecule has 0 bridgehead atoms. The standard InChI is InChI=1S/C46H28N2O2/c1-2-11-30(12-3-1)48-38-16-7-4-14-35(38)46-39(17-10-18-40(46)48)47(32-24-25-34-33-13-5-8-19-41(33)50-44(34)28-32)31-23-21-29-22-26-43-45(37(29)27-31)36-15-6-9-20-42(36)49-43/h1-28H. The zero-order valence-electron chi connectivity index (χ0n) is 26.9. The number of hydrogen-bond acceptors (Lipinski definition) is 3. The second kappa shape index (κ2) is 10.4. The summed E-state index contributed by atoms with van der Waals surface area (Å²) >= 11 is 0. The quantitative estimate of drug-likeness (QED) is 0.192. The smallest absolute Gasteiger partial charge is 0.137 e. The molecule has 0 aliphatic heterocycles. The van der Waals surface area contributed by atoms with Gasteiger partial charge in [-0.05, 0) is 83.6 Å². The van der Waals surface area contributed by atoms with E-state index in [4.69, 9.17) is 8.83 Å². The van der Waals surface area contributed by atoms with E-state index >= 15 is 0 Å². The molecule has 4 nitrogen and oxygen atoms in total. The van der Waals surface area contributed by atoms with Crippen LogP contribution in [0.3, 0.4) is 0 Å². The summed E-state index contributed by atoms with van der Waals surface area (Å²) in [6.45, 7) is 0. The molecule has 0 amide bonds. The first-order valence-corrected chi connectivity index (χ1v) is 16.9. The van der Waals surface area contributed by atoms with Crippen LogP contribution in [0, 0.1) is 0 Å². The van der Waals surface area contributed by atoms with Gasteiger partial charge < -0.3 is 18.3 Å². The van der Waals surface area contributed by atoms with Crippen molar-refractivity contribution >= 4 is 93.5 Å². The van der Waals surface area contributed by atoms with Crippen molar-refractivity contribution in [2.24, 2.45) is 0 Å². The summed E-state index contributed by atoms with van der Waals surface area (Å²) in [7, 11) is 0. The van der Waals surface area contributed by atoms with E-state index < -0.39 is 0 Å². The molecule has 0 spiro atoms. The van der Waals surface area contributed by atoms with Gasteiger partial charge in [0.25, 0.3) is 0 Å². The minimum atomic E-state index is 0.858. The average Bonchev–Trinajstić information content (AvgIpc) is 3.85. The highest BCUT2D eigenvalue weighted by atomic mass is 16.3. The van der Waals surface area contributed by atoms with Crippen LogP contribution in [0.5, 0.6) is 0 Å². The summed E-state index contributed by atoms with van der Waals surface area (Å²) in [4.78, 5) is 2.39. The van der Waals surface area contributed by atoms with Crippen LogP contribution in [-0.2, 0) is 0 Å². The molecule has 50 heavy (non-hydrogen) atoms. The molecule has 4 heteroatoms. The Balaban J connectivity index is 1.24. The fourth-order valence-corrected chi connectivity index (χ4v) is 7.99. The van der Waals surface area contributed by atoms with Crippen molar-refractivity contribution in [1.82, 2.24) is 4.57 Å². The molecule has 3 heterocycles. The minimum Gasteiger partial charge on any atom is -0.456 e. The van der Waals surface area contributed by atoms with Crippen molar-refractivity contribution in [3.8, 4) is 5.69 Å². The third-order valence-corrected chi connectivity index (χ3v) is 10.2. The first-order chi connectivity index (χ1) is 24.8. The van der Waals surface area contributed by atoms with Gasteiger partial charge >= 0.3 is 0 Å². The van der Waals surface area contributed by atoms with Gasteiger partial charge in [-0.3, -0.25) is 0 Å². The van der Waals surface area contributed by atoms with Crippen molar-refractivity contribution in [3.63, 3.8) is 0 Å². The monoisotopic (exact) mass is 640 g/mol. The average molecular weight is 641 g/mol. The molecule has 0 saturated carbocycles. The molecule has 0 N–H and O–H groups in total. The van der Waals surface area contributed by atoms with Gasteiger partial charge in [-0.1, -0.05) is 91.0 Å². The first kappa shape index (κ1) is 27.2. The van der Waals surface area contributed by atoms with Gasteiger partial charge in [0.05, 0.1) is 16.7 Å². The van der Waals surface area contributed by atoms with Crippen molar-refractivity contribution in [3.05, 3.63) is 170 Å². The lowest BCUT2D eigenvalue weighted by molar-refractivity contribution is 0.668. The number of nitrogens with zero attached hydrogens (tertiary/aromatic N) is 2. The summed E-state index contributed by atoms with van der Waals surface area (Å²) in [5.74, 6) is 0.